The van der Waals surface area contributed by atoms with E-state index >= 15 is 0 Å². The van der Waals surface area contributed by atoms with E-state index in [1.54, 1.807) is 25.1 Å². The number of piperazine rings is 1. The highest BCUT2D eigenvalue weighted by molar-refractivity contribution is 7.89. The van der Waals surface area contributed by atoms with Crippen LogP contribution in [0.15, 0.2) is 29.2 Å². The number of nitrogens with one attached hydrogen (secondary N) is 3. The molecule has 1 atom stereocenters. The lowest BCUT2D eigenvalue weighted by Crippen LogP contribution is -3.19. The molecule has 0 spiro atoms. The number of sulfonamides is 1. The van der Waals surface area contributed by atoms with Gasteiger partial charge in [0.05, 0.1) is 31.2 Å². The second-order valence-electron chi connectivity index (χ2n) is 5.78. The minimum absolute atomic E-state index is 0.0884. The zero-order chi connectivity index (χ0) is 18.6. The first-order chi connectivity index (χ1) is 11.8. The number of rotatable bonds is 4. The molecule has 1 heterocycles. The lowest BCUT2D eigenvalue weighted by Gasteiger charge is -2.34. The molecule has 8 nitrogen and oxygen atoms in total. The number of amides is 3. The molecule has 25 heavy (non-hydrogen) atoms. The fraction of sp³-hybridized carbons (Fsp3) is 0.467. The molecule has 138 valence electrons. The molecule has 3 N–H and O–H groups in total. The summed E-state index contributed by atoms with van der Waals surface area (Å²) in [4.78, 5) is 24.3. The van der Waals surface area contributed by atoms with E-state index in [4.69, 9.17) is 11.6 Å². The molecule has 1 saturated heterocycles. The van der Waals surface area contributed by atoms with E-state index in [9.17, 15) is 18.0 Å². The topological polar surface area (TPSA) is 100 Å². The molecule has 1 aromatic rings. The Morgan fingerprint density at radius 1 is 1.24 bits per heavy atom. The van der Waals surface area contributed by atoms with Crippen LogP contribution in [0.1, 0.15) is 6.92 Å². The molecular formula is C15H22ClN4O4S+. The number of imide groups is 1. The van der Waals surface area contributed by atoms with Gasteiger partial charge in [0.25, 0.3) is 5.91 Å². The third-order valence-electron chi connectivity index (χ3n) is 4.29. The molecular weight excluding hydrogens is 368 g/mol. The van der Waals surface area contributed by atoms with Crippen molar-refractivity contribution in [2.24, 2.45) is 0 Å². The molecule has 2 rings (SSSR count). The number of halogens is 1. The van der Waals surface area contributed by atoms with Crippen LogP contribution in [0, 0.1) is 0 Å². The van der Waals surface area contributed by atoms with Gasteiger partial charge in [-0.15, -0.1) is 0 Å². The van der Waals surface area contributed by atoms with E-state index in [1.807, 2.05) is 0 Å². The Hall–Kier alpha value is -1.68. The second-order valence-corrected chi connectivity index (χ2v) is 8.10. The zero-order valence-corrected chi connectivity index (χ0v) is 15.7. The SMILES string of the molecule is CNC(=O)NC(=O)[C@H](C)[NH+]1CCN(S(=O)(=O)c2ccccc2Cl)CC1. The summed E-state index contributed by atoms with van der Waals surface area (Å²) < 4.78 is 26.8. The fourth-order valence-electron chi connectivity index (χ4n) is 2.71. The summed E-state index contributed by atoms with van der Waals surface area (Å²) in [5, 5.41) is 4.76. The van der Waals surface area contributed by atoms with Crippen molar-refractivity contribution in [3.05, 3.63) is 29.3 Å². The van der Waals surface area contributed by atoms with Crippen molar-refractivity contribution in [2.75, 3.05) is 33.2 Å². The van der Waals surface area contributed by atoms with Gasteiger partial charge in [-0.2, -0.15) is 4.31 Å². The highest BCUT2D eigenvalue weighted by Gasteiger charge is 2.35. The average Bonchev–Trinajstić information content (AvgIpc) is 2.61. The van der Waals surface area contributed by atoms with E-state index in [2.05, 4.69) is 10.6 Å². The summed E-state index contributed by atoms with van der Waals surface area (Å²) in [6.07, 6.45) is 0. The van der Waals surface area contributed by atoms with Crippen molar-refractivity contribution < 1.29 is 22.9 Å². The van der Waals surface area contributed by atoms with Crippen molar-refractivity contribution in [1.29, 1.82) is 0 Å². The van der Waals surface area contributed by atoms with Crippen LogP contribution in [0.25, 0.3) is 0 Å². The first-order valence-electron chi connectivity index (χ1n) is 7.89. The van der Waals surface area contributed by atoms with E-state index < -0.39 is 28.0 Å². The quantitative estimate of drug-likeness (QED) is 0.619. The Morgan fingerprint density at radius 2 is 1.84 bits per heavy atom. The molecule has 1 aliphatic heterocycles. The first kappa shape index (κ1) is 19.6. The lowest BCUT2D eigenvalue weighted by atomic mass is 10.2. The predicted molar refractivity (Wildman–Crippen MR) is 93.0 cm³/mol. The van der Waals surface area contributed by atoms with Gasteiger partial charge in [-0.3, -0.25) is 10.1 Å². The highest BCUT2D eigenvalue weighted by Crippen LogP contribution is 2.24. The van der Waals surface area contributed by atoms with Crippen LogP contribution in [0.3, 0.4) is 0 Å². The number of carbonyl (C=O) groups is 2. The number of benzene rings is 1. The van der Waals surface area contributed by atoms with Gasteiger partial charge in [-0.25, -0.2) is 13.2 Å². The normalized spacial score (nSPS) is 17.7. The number of nitrogens with zero attached hydrogens (tertiary/aromatic N) is 1. The lowest BCUT2D eigenvalue weighted by molar-refractivity contribution is -0.917. The largest absolute Gasteiger partial charge is 0.341 e. The van der Waals surface area contributed by atoms with Gasteiger partial charge in [-0.05, 0) is 19.1 Å². The predicted octanol–water partition coefficient (Wildman–Crippen LogP) is -0.927. The molecule has 0 unspecified atom stereocenters. The monoisotopic (exact) mass is 389 g/mol. The highest BCUT2D eigenvalue weighted by atomic mass is 35.5. The van der Waals surface area contributed by atoms with Gasteiger partial charge in [0.15, 0.2) is 6.04 Å². The third-order valence-corrected chi connectivity index (χ3v) is 6.69. The minimum Gasteiger partial charge on any atom is -0.341 e. The van der Waals surface area contributed by atoms with E-state index in [0.29, 0.717) is 13.1 Å². The molecule has 0 aromatic heterocycles. The molecule has 1 fully saturated rings. The molecule has 10 heteroatoms. The number of hydrogen-bond acceptors (Lipinski definition) is 4. The molecule has 1 aromatic carbocycles. The van der Waals surface area contributed by atoms with Gasteiger partial charge in [0, 0.05) is 7.05 Å². The second kappa shape index (κ2) is 8.13. The number of carbonyl (C=O) groups excluding carboxylic acids is 2. The number of hydrogen-bond donors (Lipinski definition) is 3. The standard InChI is InChI=1S/C15H21ClN4O4S/c1-11(14(21)18-15(22)17-2)19-7-9-20(10-8-19)25(23,24)13-6-4-3-5-12(13)16/h3-6,11H,7-10H2,1-2H3,(H2,17,18,21,22)/p+1/t11-/m0/s1. The maximum absolute atomic E-state index is 12.7. The van der Waals surface area contributed by atoms with Crippen LogP contribution in [0.2, 0.25) is 5.02 Å². The summed E-state index contributed by atoms with van der Waals surface area (Å²) in [5.41, 5.74) is 0. The van der Waals surface area contributed by atoms with Crippen molar-refractivity contribution in [3.8, 4) is 0 Å². The maximum Gasteiger partial charge on any atom is 0.321 e. The number of quaternary nitrogens is 1. The molecule has 3 amide bonds. The van der Waals surface area contributed by atoms with E-state index in [1.165, 1.54) is 17.4 Å². The van der Waals surface area contributed by atoms with E-state index in [-0.39, 0.29) is 23.0 Å². The Balaban J connectivity index is 2.01. The molecule has 1 aliphatic rings. The van der Waals surface area contributed by atoms with E-state index in [0.717, 1.165) is 4.90 Å². The van der Waals surface area contributed by atoms with Crippen molar-refractivity contribution in [1.82, 2.24) is 14.9 Å². The Bertz CT molecular complexity index is 748. The van der Waals surface area contributed by atoms with Gasteiger partial charge in [0.1, 0.15) is 4.90 Å². The van der Waals surface area contributed by atoms with Crippen LogP contribution >= 0.6 is 11.6 Å². The summed E-state index contributed by atoms with van der Waals surface area (Å²) in [7, 11) is -2.23. The first-order valence-corrected chi connectivity index (χ1v) is 9.71. The fourth-order valence-corrected chi connectivity index (χ4v) is 4.64. The smallest absolute Gasteiger partial charge is 0.321 e. The average molecular weight is 390 g/mol. The van der Waals surface area contributed by atoms with Crippen molar-refractivity contribution in [2.45, 2.75) is 17.9 Å². The Kier molecular flexibility index (Phi) is 6.39. The van der Waals surface area contributed by atoms with Crippen LogP contribution < -0.4 is 15.5 Å². The van der Waals surface area contributed by atoms with Crippen LogP contribution in [0.4, 0.5) is 4.79 Å². The summed E-state index contributed by atoms with van der Waals surface area (Å²) in [5.74, 6) is -0.392. The summed E-state index contributed by atoms with van der Waals surface area (Å²) in [6, 6.07) is 5.32. The van der Waals surface area contributed by atoms with Crippen molar-refractivity contribution in [3.63, 3.8) is 0 Å². The minimum atomic E-state index is -3.66. The third kappa shape index (κ3) is 4.49. The Morgan fingerprint density at radius 3 is 2.40 bits per heavy atom. The Labute approximate surface area is 152 Å². The van der Waals surface area contributed by atoms with Crippen LogP contribution in [-0.4, -0.2) is 63.9 Å². The molecule has 0 radical (unpaired) electrons. The summed E-state index contributed by atoms with van der Waals surface area (Å²) >= 11 is 6.01. The number of urea groups is 1. The van der Waals surface area contributed by atoms with Gasteiger partial charge < -0.3 is 10.2 Å². The molecule has 0 aliphatic carbocycles. The van der Waals surface area contributed by atoms with Gasteiger partial charge in [-0.1, -0.05) is 23.7 Å². The molecule has 0 bridgehead atoms. The maximum atomic E-state index is 12.7. The van der Waals surface area contributed by atoms with Crippen LogP contribution in [-0.2, 0) is 14.8 Å². The molecule has 0 saturated carbocycles. The van der Waals surface area contributed by atoms with Crippen molar-refractivity contribution >= 4 is 33.6 Å². The summed E-state index contributed by atoms with van der Waals surface area (Å²) in [6.45, 7) is 3.20. The van der Waals surface area contributed by atoms with Gasteiger partial charge >= 0.3 is 6.03 Å². The zero-order valence-electron chi connectivity index (χ0n) is 14.1. The van der Waals surface area contributed by atoms with Crippen LogP contribution in [0.5, 0.6) is 0 Å². The van der Waals surface area contributed by atoms with Gasteiger partial charge in [0.2, 0.25) is 10.0 Å².